The molecule has 0 saturated carbocycles. The van der Waals surface area contributed by atoms with E-state index in [9.17, 15) is 14.7 Å². The molecule has 0 aromatic carbocycles. The van der Waals surface area contributed by atoms with Crippen LogP contribution in [0.15, 0.2) is 0 Å². The fraction of sp³-hybridized carbons (Fsp3) is 0.875. The van der Waals surface area contributed by atoms with Crippen molar-refractivity contribution < 1.29 is 14.7 Å². The van der Waals surface area contributed by atoms with E-state index in [1.54, 1.807) is 11.8 Å². The molecule has 1 N–H and O–H groups in total. The monoisotopic (exact) mass is 296 g/mol. The van der Waals surface area contributed by atoms with E-state index < -0.39 is 0 Å². The molecule has 0 aromatic heterocycles. The van der Waals surface area contributed by atoms with E-state index in [2.05, 4.69) is 0 Å². The number of nitrogens with zero attached hydrogens (tertiary/aromatic N) is 2. The summed E-state index contributed by atoms with van der Waals surface area (Å²) in [5.74, 6) is 0.438. The Kier molecular flexibility index (Phi) is 5.25. The van der Waals surface area contributed by atoms with Crippen molar-refractivity contribution in [1.82, 2.24) is 9.80 Å². The quantitative estimate of drug-likeness (QED) is 0.849. The maximum atomic E-state index is 12.9. The predicted molar refractivity (Wildman–Crippen MR) is 80.6 cm³/mol. The highest BCUT2D eigenvalue weighted by Gasteiger charge is 2.38. The van der Waals surface area contributed by atoms with Crippen LogP contribution in [0, 0.1) is 11.8 Å². The van der Waals surface area contributed by atoms with Gasteiger partial charge in [0.2, 0.25) is 11.8 Å². The first-order valence-electron chi connectivity index (χ1n) is 8.18. The predicted octanol–water partition coefficient (Wildman–Crippen LogP) is 1.25. The molecule has 2 fully saturated rings. The molecule has 120 valence electrons. The summed E-state index contributed by atoms with van der Waals surface area (Å²) in [5, 5.41) is 9.78. The summed E-state index contributed by atoms with van der Waals surface area (Å²) in [7, 11) is 0. The van der Waals surface area contributed by atoms with Gasteiger partial charge in [-0.2, -0.15) is 0 Å². The van der Waals surface area contributed by atoms with Crippen molar-refractivity contribution in [2.24, 2.45) is 11.8 Å². The van der Waals surface area contributed by atoms with Crippen molar-refractivity contribution in [3.8, 4) is 0 Å². The molecule has 2 amide bonds. The molecule has 2 aliphatic rings. The Morgan fingerprint density at radius 2 is 1.95 bits per heavy atom. The zero-order valence-electron chi connectivity index (χ0n) is 13.4. The van der Waals surface area contributed by atoms with Gasteiger partial charge in [0.05, 0.1) is 6.10 Å². The second kappa shape index (κ2) is 6.77. The lowest BCUT2D eigenvalue weighted by molar-refractivity contribution is -0.147. The van der Waals surface area contributed by atoms with Crippen LogP contribution in [0.25, 0.3) is 0 Å². The lowest BCUT2D eigenvalue weighted by atomic mass is 9.92. The van der Waals surface area contributed by atoms with E-state index in [0.29, 0.717) is 19.5 Å². The van der Waals surface area contributed by atoms with Crippen molar-refractivity contribution in [2.45, 2.75) is 58.6 Å². The molecule has 0 aromatic rings. The van der Waals surface area contributed by atoms with Gasteiger partial charge in [-0.1, -0.05) is 13.8 Å². The summed E-state index contributed by atoms with van der Waals surface area (Å²) in [4.78, 5) is 28.5. The van der Waals surface area contributed by atoms with Crippen LogP contribution in [0.4, 0.5) is 0 Å². The topological polar surface area (TPSA) is 60.9 Å². The van der Waals surface area contributed by atoms with E-state index in [0.717, 1.165) is 25.8 Å². The van der Waals surface area contributed by atoms with Crippen LogP contribution in [0.5, 0.6) is 0 Å². The molecule has 21 heavy (non-hydrogen) atoms. The lowest BCUT2D eigenvalue weighted by Gasteiger charge is -2.39. The molecule has 5 heteroatoms. The number of amides is 2. The smallest absolute Gasteiger partial charge is 0.245 e. The van der Waals surface area contributed by atoms with Crippen molar-refractivity contribution in [3.63, 3.8) is 0 Å². The summed E-state index contributed by atoms with van der Waals surface area (Å²) in [6, 6.07) is -0.340. The number of hydrogen-bond acceptors (Lipinski definition) is 3. The molecule has 3 unspecified atom stereocenters. The Labute approximate surface area is 127 Å². The Balaban J connectivity index is 2.09. The summed E-state index contributed by atoms with van der Waals surface area (Å²) >= 11 is 0. The van der Waals surface area contributed by atoms with Gasteiger partial charge in [0.15, 0.2) is 0 Å². The Bertz CT molecular complexity index is 395. The average molecular weight is 296 g/mol. The number of hydrogen-bond donors (Lipinski definition) is 1. The molecule has 5 nitrogen and oxygen atoms in total. The fourth-order valence-electron chi connectivity index (χ4n) is 3.53. The first-order valence-corrected chi connectivity index (χ1v) is 8.18. The Morgan fingerprint density at radius 3 is 2.48 bits per heavy atom. The van der Waals surface area contributed by atoms with Gasteiger partial charge in [0.25, 0.3) is 0 Å². The minimum absolute atomic E-state index is 0.0607. The number of aliphatic hydroxyl groups is 1. The SMILES string of the molecule is CC(C)C(C(=O)N1CCCC(C(C)O)C1)N1CCCC1=O. The molecule has 0 bridgehead atoms. The highest BCUT2D eigenvalue weighted by Crippen LogP contribution is 2.25. The molecule has 0 spiro atoms. The van der Waals surface area contributed by atoms with E-state index in [1.807, 2.05) is 18.7 Å². The first-order chi connectivity index (χ1) is 9.91. The highest BCUT2D eigenvalue weighted by molar-refractivity contribution is 5.88. The van der Waals surface area contributed by atoms with Crippen LogP contribution in [0.1, 0.15) is 46.5 Å². The van der Waals surface area contributed by atoms with E-state index >= 15 is 0 Å². The maximum absolute atomic E-state index is 12.9. The number of aliphatic hydroxyl groups excluding tert-OH is 1. The molecule has 2 heterocycles. The molecule has 2 rings (SSSR count). The lowest BCUT2D eigenvalue weighted by Crippen LogP contribution is -2.54. The van der Waals surface area contributed by atoms with Crippen LogP contribution in [0.3, 0.4) is 0 Å². The fourth-order valence-corrected chi connectivity index (χ4v) is 3.53. The van der Waals surface area contributed by atoms with Crippen LogP contribution >= 0.6 is 0 Å². The van der Waals surface area contributed by atoms with Crippen LogP contribution in [-0.4, -0.2) is 58.5 Å². The van der Waals surface area contributed by atoms with E-state index in [-0.39, 0.29) is 35.8 Å². The molecular formula is C16H28N2O3. The number of carbonyl (C=O) groups is 2. The van der Waals surface area contributed by atoms with E-state index in [4.69, 9.17) is 0 Å². The molecule has 2 saturated heterocycles. The van der Waals surface area contributed by atoms with Crippen molar-refractivity contribution in [1.29, 1.82) is 0 Å². The standard InChI is InChI=1S/C16H28N2O3/c1-11(2)15(18-9-5-7-14(18)20)16(21)17-8-4-6-13(10-17)12(3)19/h11-13,15,19H,4-10H2,1-3H3. The third-order valence-electron chi connectivity index (χ3n) is 4.78. The van der Waals surface area contributed by atoms with Crippen molar-refractivity contribution in [2.75, 3.05) is 19.6 Å². The van der Waals surface area contributed by atoms with Gasteiger partial charge in [-0.25, -0.2) is 0 Å². The van der Waals surface area contributed by atoms with Gasteiger partial charge >= 0.3 is 0 Å². The van der Waals surface area contributed by atoms with Gasteiger partial charge in [-0.3, -0.25) is 9.59 Å². The largest absolute Gasteiger partial charge is 0.393 e. The van der Waals surface area contributed by atoms with Crippen LogP contribution in [0.2, 0.25) is 0 Å². The van der Waals surface area contributed by atoms with Gasteiger partial charge < -0.3 is 14.9 Å². The first kappa shape index (κ1) is 16.3. The van der Waals surface area contributed by atoms with Crippen molar-refractivity contribution in [3.05, 3.63) is 0 Å². The average Bonchev–Trinajstić information content (AvgIpc) is 2.85. The molecule has 0 radical (unpaired) electrons. The molecule has 0 aliphatic carbocycles. The van der Waals surface area contributed by atoms with Crippen LogP contribution in [-0.2, 0) is 9.59 Å². The Morgan fingerprint density at radius 1 is 1.24 bits per heavy atom. The third kappa shape index (κ3) is 3.57. The van der Waals surface area contributed by atoms with Gasteiger partial charge in [0, 0.05) is 32.0 Å². The summed E-state index contributed by atoms with van der Waals surface area (Å²) in [5.41, 5.74) is 0. The van der Waals surface area contributed by atoms with E-state index in [1.165, 1.54) is 0 Å². The number of likely N-dealkylation sites (tertiary alicyclic amines) is 2. The highest BCUT2D eigenvalue weighted by atomic mass is 16.3. The van der Waals surface area contributed by atoms with Gasteiger partial charge in [0.1, 0.15) is 6.04 Å². The Hall–Kier alpha value is -1.10. The summed E-state index contributed by atoms with van der Waals surface area (Å²) < 4.78 is 0. The zero-order chi connectivity index (χ0) is 15.6. The minimum atomic E-state index is -0.383. The third-order valence-corrected chi connectivity index (χ3v) is 4.78. The van der Waals surface area contributed by atoms with Gasteiger partial charge in [-0.15, -0.1) is 0 Å². The molecular weight excluding hydrogens is 268 g/mol. The van der Waals surface area contributed by atoms with Gasteiger partial charge in [-0.05, 0) is 32.1 Å². The van der Waals surface area contributed by atoms with Crippen molar-refractivity contribution >= 4 is 11.8 Å². The number of piperidine rings is 1. The molecule has 3 atom stereocenters. The minimum Gasteiger partial charge on any atom is -0.393 e. The second-order valence-corrected chi connectivity index (χ2v) is 6.81. The maximum Gasteiger partial charge on any atom is 0.245 e. The summed E-state index contributed by atoms with van der Waals surface area (Å²) in [6.07, 6.45) is 2.93. The summed E-state index contributed by atoms with van der Waals surface area (Å²) in [6.45, 7) is 7.85. The number of rotatable bonds is 4. The molecule has 2 aliphatic heterocycles. The van der Waals surface area contributed by atoms with Crippen LogP contribution < -0.4 is 0 Å². The normalized spacial score (nSPS) is 26.3. The second-order valence-electron chi connectivity index (χ2n) is 6.81. The number of carbonyl (C=O) groups excluding carboxylic acids is 2. The zero-order valence-corrected chi connectivity index (χ0v) is 13.4.